The zero-order valence-corrected chi connectivity index (χ0v) is 9.90. The van der Waals surface area contributed by atoms with Crippen molar-refractivity contribution in [1.29, 1.82) is 0 Å². The number of carbonyl (C=O) groups is 2. The highest BCUT2D eigenvalue weighted by molar-refractivity contribution is 5.85. The summed E-state index contributed by atoms with van der Waals surface area (Å²) in [5, 5.41) is 11.8. The van der Waals surface area contributed by atoms with E-state index in [1.54, 1.807) is 0 Å². The summed E-state index contributed by atoms with van der Waals surface area (Å²) in [4.78, 5) is 23.7. The fourth-order valence-electron chi connectivity index (χ4n) is 2.10. The zero-order chi connectivity index (χ0) is 12.1. The highest BCUT2D eigenvalue weighted by Crippen LogP contribution is 2.20. The van der Waals surface area contributed by atoms with Crippen LogP contribution in [0, 0.1) is 5.92 Å². The van der Waals surface area contributed by atoms with Gasteiger partial charge in [0.05, 0.1) is 6.04 Å². The van der Waals surface area contributed by atoms with Gasteiger partial charge in [-0.2, -0.15) is 0 Å². The van der Waals surface area contributed by atoms with Crippen LogP contribution in [0.3, 0.4) is 0 Å². The number of piperidine rings is 1. The molecule has 1 aliphatic rings. The van der Waals surface area contributed by atoms with E-state index in [1.165, 1.54) is 11.9 Å². The van der Waals surface area contributed by atoms with Crippen molar-refractivity contribution in [1.82, 2.24) is 10.2 Å². The lowest BCUT2D eigenvalue weighted by Gasteiger charge is -2.31. The van der Waals surface area contributed by atoms with E-state index in [9.17, 15) is 9.59 Å². The smallest absolute Gasteiger partial charge is 0.323 e. The summed E-state index contributed by atoms with van der Waals surface area (Å²) in [5.41, 5.74) is 0. The maximum absolute atomic E-state index is 11.9. The van der Waals surface area contributed by atoms with Crippen LogP contribution < -0.4 is 5.32 Å². The summed E-state index contributed by atoms with van der Waals surface area (Å²) in [7, 11) is 1.54. The molecule has 2 unspecified atom stereocenters. The van der Waals surface area contributed by atoms with E-state index >= 15 is 0 Å². The van der Waals surface area contributed by atoms with Gasteiger partial charge in [0.1, 0.15) is 6.54 Å². The van der Waals surface area contributed by atoms with Crippen molar-refractivity contribution in [3.63, 3.8) is 0 Å². The number of carboxylic acids is 1. The lowest BCUT2D eigenvalue weighted by atomic mass is 9.90. The van der Waals surface area contributed by atoms with Crippen molar-refractivity contribution in [2.75, 3.05) is 20.1 Å². The average molecular weight is 228 g/mol. The molecule has 0 saturated carbocycles. The first-order chi connectivity index (χ1) is 7.54. The fraction of sp³-hybridized carbons (Fsp3) is 0.818. The van der Waals surface area contributed by atoms with E-state index in [4.69, 9.17) is 5.11 Å². The molecule has 5 nitrogen and oxygen atoms in total. The number of carbonyl (C=O) groups excluding carboxylic acids is 1. The van der Waals surface area contributed by atoms with Crippen LogP contribution in [0.1, 0.15) is 26.2 Å². The van der Waals surface area contributed by atoms with E-state index < -0.39 is 5.97 Å². The van der Waals surface area contributed by atoms with Crippen molar-refractivity contribution in [2.24, 2.45) is 5.92 Å². The number of hydrogen-bond donors (Lipinski definition) is 2. The van der Waals surface area contributed by atoms with E-state index in [1.807, 2.05) is 0 Å². The Bertz CT molecular complexity index is 268. The van der Waals surface area contributed by atoms with Gasteiger partial charge in [-0.15, -0.1) is 0 Å². The average Bonchev–Trinajstić information content (AvgIpc) is 2.27. The number of rotatable bonds is 4. The highest BCUT2D eigenvalue weighted by atomic mass is 16.4. The number of nitrogens with one attached hydrogen (secondary N) is 1. The first-order valence-corrected chi connectivity index (χ1v) is 5.74. The molecular formula is C11H20N2O3. The molecule has 1 aliphatic heterocycles. The first-order valence-electron chi connectivity index (χ1n) is 5.74. The minimum absolute atomic E-state index is 0.111. The van der Waals surface area contributed by atoms with Crippen LogP contribution in [0.15, 0.2) is 0 Å². The van der Waals surface area contributed by atoms with Gasteiger partial charge in [-0.1, -0.05) is 13.3 Å². The predicted molar refractivity (Wildman–Crippen MR) is 60.1 cm³/mol. The Morgan fingerprint density at radius 3 is 2.75 bits per heavy atom. The molecular weight excluding hydrogens is 208 g/mol. The van der Waals surface area contributed by atoms with E-state index in [0.717, 1.165) is 25.8 Å². The molecule has 0 spiro atoms. The van der Waals surface area contributed by atoms with Gasteiger partial charge >= 0.3 is 5.97 Å². The van der Waals surface area contributed by atoms with Gasteiger partial charge in [-0.3, -0.25) is 9.59 Å². The minimum Gasteiger partial charge on any atom is -0.480 e. The second kappa shape index (κ2) is 5.84. The highest BCUT2D eigenvalue weighted by Gasteiger charge is 2.28. The van der Waals surface area contributed by atoms with Crippen LogP contribution in [0.2, 0.25) is 0 Å². The van der Waals surface area contributed by atoms with Gasteiger partial charge in [0, 0.05) is 7.05 Å². The standard InChI is InChI=1S/C11H20N2O3/c1-3-8-4-5-12-9(6-8)11(16)13(2)7-10(14)15/h8-9,12H,3-7H2,1-2H3,(H,14,15). The van der Waals surface area contributed by atoms with Crippen LogP contribution >= 0.6 is 0 Å². The minimum atomic E-state index is -0.973. The molecule has 0 radical (unpaired) electrons. The largest absolute Gasteiger partial charge is 0.480 e. The van der Waals surface area contributed by atoms with Crippen molar-refractivity contribution < 1.29 is 14.7 Å². The zero-order valence-electron chi connectivity index (χ0n) is 9.90. The van der Waals surface area contributed by atoms with Crippen molar-refractivity contribution in [2.45, 2.75) is 32.2 Å². The molecule has 0 aromatic rings. The summed E-state index contributed by atoms with van der Waals surface area (Å²) in [6.07, 6.45) is 3.00. The lowest BCUT2D eigenvalue weighted by Crippen LogP contribution is -2.50. The molecule has 2 N–H and O–H groups in total. The molecule has 0 aromatic carbocycles. The van der Waals surface area contributed by atoms with Crippen LogP contribution in [-0.4, -0.2) is 48.1 Å². The molecule has 2 atom stereocenters. The van der Waals surface area contributed by atoms with Gasteiger partial charge in [0.25, 0.3) is 0 Å². The van der Waals surface area contributed by atoms with Gasteiger partial charge in [0.2, 0.25) is 5.91 Å². The number of aliphatic carboxylic acids is 1. The predicted octanol–water partition coefficient (Wildman–Crippen LogP) is 0.308. The first kappa shape index (κ1) is 13.0. The second-order valence-corrected chi connectivity index (χ2v) is 4.39. The van der Waals surface area contributed by atoms with Gasteiger partial charge in [0.15, 0.2) is 0 Å². The van der Waals surface area contributed by atoms with Crippen LogP contribution in [0.25, 0.3) is 0 Å². The Hall–Kier alpha value is -1.10. The molecule has 16 heavy (non-hydrogen) atoms. The fourth-order valence-corrected chi connectivity index (χ4v) is 2.10. The Morgan fingerprint density at radius 2 is 2.19 bits per heavy atom. The normalized spacial score (nSPS) is 25.1. The van der Waals surface area contributed by atoms with E-state index in [-0.39, 0.29) is 18.5 Å². The van der Waals surface area contributed by atoms with Crippen molar-refractivity contribution >= 4 is 11.9 Å². The molecule has 0 aliphatic carbocycles. The van der Waals surface area contributed by atoms with Crippen LogP contribution in [0.4, 0.5) is 0 Å². The van der Waals surface area contributed by atoms with Crippen LogP contribution in [0.5, 0.6) is 0 Å². The van der Waals surface area contributed by atoms with Gasteiger partial charge in [-0.05, 0) is 25.3 Å². The second-order valence-electron chi connectivity index (χ2n) is 4.39. The van der Waals surface area contributed by atoms with E-state index in [0.29, 0.717) is 5.92 Å². The molecule has 1 fully saturated rings. The molecule has 1 saturated heterocycles. The summed E-state index contributed by atoms with van der Waals surface area (Å²) in [5.74, 6) is -0.507. The quantitative estimate of drug-likeness (QED) is 0.726. The number of likely N-dealkylation sites (N-methyl/N-ethyl adjacent to an activating group) is 1. The third kappa shape index (κ3) is 3.48. The number of carboxylic acid groups (broad SMARTS) is 1. The van der Waals surface area contributed by atoms with Gasteiger partial charge < -0.3 is 15.3 Å². The Morgan fingerprint density at radius 1 is 1.50 bits per heavy atom. The van der Waals surface area contributed by atoms with Crippen LogP contribution in [-0.2, 0) is 9.59 Å². The topological polar surface area (TPSA) is 69.6 Å². The Balaban J connectivity index is 2.49. The van der Waals surface area contributed by atoms with E-state index in [2.05, 4.69) is 12.2 Å². The molecule has 0 bridgehead atoms. The maximum Gasteiger partial charge on any atom is 0.323 e. The molecule has 0 aromatic heterocycles. The maximum atomic E-state index is 11.9. The lowest BCUT2D eigenvalue weighted by molar-refractivity contribution is -0.144. The molecule has 1 heterocycles. The van der Waals surface area contributed by atoms with Crippen molar-refractivity contribution in [3.8, 4) is 0 Å². The SMILES string of the molecule is CCC1CCNC(C(=O)N(C)CC(=O)O)C1. The number of hydrogen-bond acceptors (Lipinski definition) is 3. The monoisotopic (exact) mass is 228 g/mol. The van der Waals surface area contributed by atoms with Crippen molar-refractivity contribution in [3.05, 3.63) is 0 Å². The summed E-state index contributed by atoms with van der Waals surface area (Å²) >= 11 is 0. The van der Waals surface area contributed by atoms with Gasteiger partial charge in [-0.25, -0.2) is 0 Å². The molecule has 1 amide bonds. The molecule has 92 valence electrons. The summed E-state index contributed by atoms with van der Waals surface area (Å²) in [6.45, 7) is 2.74. The Labute approximate surface area is 95.8 Å². The summed E-state index contributed by atoms with van der Waals surface area (Å²) in [6, 6.07) is -0.206. The summed E-state index contributed by atoms with van der Waals surface area (Å²) < 4.78 is 0. The number of nitrogens with zero attached hydrogens (tertiary/aromatic N) is 1. The number of amides is 1. The molecule has 5 heteroatoms. The molecule has 1 rings (SSSR count). The Kier molecular flexibility index (Phi) is 4.73. The third-order valence-corrected chi connectivity index (χ3v) is 3.14. The third-order valence-electron chi connectivity index (χ3n) is 3.14.